The third-order valence-corrected chi connectivity index (χ3v) is 7.67. The number of nitrogens with zero attached hydrogens (tertiary/aromatic N) is 3. The summed E-state index contributed by atoms with van der Waals surface area (Å²) < 4.78 is 42.8. The monoisotopic (exact) mass is 519 g/mol. The van der Waals surface area contributed by atoms with E-state index in [1.165, 1.54) is 41.4 Å². The van der Waals surface area contributed by atoms with Crippen molar-refractivity contribution >= 4 is 50.4 Å². The zero-order valence-corrected chi connectivity index (χ0v) is 19.9. The van der Waals surface area contributed by atoms with Gasteiger partial charge in [0.25, 0.3) is 0 Å². The average molecular weight is 520 g/mol. The van der Waals surface area contributed by atoms with E-state index < -0.39 is 12.1 Å². The van der Waals surface area contributed by atoms with E-state index >= 15 is 0 Å². The number of carbonyl (C=O) groups excluding carboxylic acids is 1. The van der Waals surface area contributed by atoms with E-state index in [2.05, 4.69) is 41.7 Å². The van der Waals surface area contributed by atoms with Gasteiger partial charge in [0.2, 0.25) is 0 Å². The number of carbonyl (C=O) groups is 1. The normalized spacial score (nSPS) is 14.8. The van der Waals surface area contributed by atoms with Crippen LogP contribution in [0.5, 0.6) is 5.75 Å². The first-order valence-corrected chi connectivity index (χ1v) is 12.5. The van der Waals surface area contributed by atoms with Crippen LogP contribution < -0.4 is 15.4 Å². The molecule has 0 radical (unpaired) electrons. The van der Waals surface area contributed by atoms with Crippen molar-refractivity contribution in [1.29, 1.82) is 0 Å². The summed E-state index contributed by atoms with van der Waals surface area (Å²) in [6, 6.07) is 9.95. The summed E-state index contributed by atoms with van der Waals surface area (Å²) in [5.74, 6) is -1.97. The van der Waals surface area contributed by atoms with Gasteiger partial charge in [0.1, 0.15) is 12.1 Å². The third kappa shape index (κ3) is 5.61. The molecular formula is C23H20F3N5O2S2. The molecule has 1 fully saturated rings. The van der Waals surface area contributed by atoms with Crippen LogP contribution in [0.3, 0.4) is 0 Å². The second-order valence-electron chi connectivity index (χ2n) is 7.93. The van der Waals surface area contributed by atoms with Gasteiger partial charge in [-0.15, -0.1) is 22.7 Å². The molecular weight excluding hydrogens is 499 g/mol. The smallest absolute Gasteiger partial charge is 0.420 e. The van der Waals surface area contributed by atoms with Crippen LogP contribution in [0.2, 0.25) is 0 Å². The SMILES string of the molecule is O=C(Oc1cccc(Nc2ncnc3cc(-c4cc(CN5CCNCC5)cs4)sc23)c1)C(F)(F)F. The van der Waals surface area contributed by atoms with Crippen LogP contribution in [0.4, 0.5) is 24.7 Å². The Morgan fingerprint density at radius 1 is 1.14 bits per heavy atom. The van der Waals surface area contributed by atoms with Gasteiger partial charge in [0.15, 0.2) is 5.82 Å². The van der Waals surface area contributed by atoms with Crippen LogP contribution in [-0.4, -0.2) is 53.2 Å². The summed E-state index contributed by atoms with van der Waals surface area (Å²) in [5.41, 5.74) is 2.47. The lowest BCUT2D eigenvalue weighted by atomic mass is 10.2. The van der Waals surface area contributed by atoms with Crippen LogP contribution in [0.25, 0.3) is 20.0 Å². The van der Waals surface area contributed by atoms with Gasteiger partial charge in [-0.1, -0.05) is 6.07 Å². The Labute approximate surface area is 206 Å². The van der Waals surface area contributed by atoms with Crippen molar-refractivity contribution in [3.8, 4) is 15.5 Å². The number of piperazine rings is 1. The van der Waals surface area contributed by atoms with Crippen molar-refractivity contribution in [2.45, 2.75) is 12.7 Å². The number of esters is 1. The van der Waals surface area contributed by atoms with Crippen molar-refractivity contribution in [3.63, 3.8) is 0 Å². The Balaban J connectivity index is 1.34. The molecule has 3 aromatic heterocycles. The van der Waals surface area contributed by atoms with Crippen LogP contribution in [-0.2, 0) is 11.3 Å². The zero-order chi connectivity index (χ0) is 24.4. The Hall–Kier alpha value is -3.06. The van der Waals surface area contributed by atoms with Crippen molar-refractivity contribution in [2.24, 2.45) is 0 Å². The van der Waals surface area contributed by atoms with Gasteiger partial charge in [-0.3, -0.25) is 4.90 Å². The lowest BCUT2D eigenvalue weighted by molar-refractivity contribution is -0.189. The third-order valence-electron chi connectivity index (χ3n) is 5.36. The Morgan fingerprint density at radius 2 is 1.97 bits per heavy atom. The molecule has 0 unspecified atom stereocenters. The summed E-state index contributed by atoms with van der Waals surface area (Å²) >= 11 is 3.22. The maximum atomic E-state index is 12.5. The molecule has 4 heterocycles. The van der Waals surface area contributed by atoms with E-state index in [1.54, 1.807) is 17.4 Å². The van der Waals surface area contributed by atoms with Crippen molar-refractivity contribution in [2.75, 3.05) is 31.5 Å². The van der Waals surface area contributed by atoms with E-state index in [1.807, 2.05) is 6.07 Å². The second kappa shape index (κ2) is 9.90. The average Bonchev–Trinajstić information content (AvgIpc) is 3.47. The number of hydrogen-bond acceptors (Lipinski definition) is 9. The first-order chi connectivity index (χ1) is 16.8. The Bertz CT molecular complexity index is 1350. The molecule has 182 valence electrons. The summed E-state index contributed by atoms with van der Waals surface area (Å²) in [5, 5.41) is 8.64. The van der Waals surface area contributed by atoms with Gasteiger partial charge in [-0.05, 0) is 35.2 Å². The predicted octanol–water partition coefficient (Wildman–Crippen LogP) is 5.04. The highest BCUT2D eigenvalue weighted by atomic mass is 32.1. The van der Waals surface area contributed by atoms with E-state index in [4.69, 9.17) is 0 Å². The van der Waals surface area contributed by atoms with E-state index in [0.717, 1.165) is 52.7 Å². The minimum atomic E-state index is -5.07. The van der Waals surface area contributed by atoms with Crippen molar-refractivity contribution in [1.82, 2.24) is 20.2 Å². The van der Waals surface area contributed by atoms with Crippen molar-refractivity contribution < 1.29 is 22.7 Å². The largest absolute Gasteiger partial charge is 0.491 e. The molecule has 0 saturated carbocycles. The number of halogens is 3. The fourth-order valence-corrected chi connectivity index (χ4v) is 5.77. The molecule has 12 heteroatoms. The lowest BCUT2D eigenvalue weighted by Gasteiger charge is -2.26. The van der Waals surface area contributed by atoms with Gasteiger partial charge < -0.3 is 15.4 Å². The zero-order valence-electron chi connectivity index (χ0n) is 18.3. The molecule has 2 N–H and O–H groups in total. The van der Waals surface area contributed by atoms with Gasteiger partial charge in [0, 0.05) is 54.2 Å². The highest BCUT2D eigenvalue weighted by molar-refractivity contribution is 7.26. The van der Waals surface area contributed by atoms with Gasteiger partial charge in [-0.2, -0.15) is 13.2 Å². The molecule has 35 heavy (non-hydrogen) atoms. The molecule has 1 aromatic carbocycles. The number of nitrogens with one attached hydrogen (secondary N) is 2. The number of thiophene rings is 2. The molecule has 0 spiro atoms. The number of benzene rings is 1. The molecule has 0 bridgehead atoms. The number of hydrogen-bond donors (Lipinski definition) is 2. The Kier molecular flexibility index (Phi) is 6.69. The van der Waals surface area contributed by atoms with Crippen LogP contribution in [0.1, 0.15) is 5.56 Å². The quantitative estimate of drug-likeness (QED) is 0.273. The van der Waals surface area contributed by atoms with E-state index in [0.29, 0.717) is 11.5 Å². The number of aromatic nitrogens is 2. The standard InChI is InChI=1S/C23H20F3N5O2S2/c24-23(25,26)22(32)33-16-3-1-2-15(9-16)30-21-20-17(28-13-29-21)10-19(35-20)18-8-14(12-34-18)11-31-6-4-27-5-7-31/h1-3,8-10,12-13,27H,4-7,11H2,(H,28,29,30). The molecule has 1 saturated heterocycles. The van der Waals surface area contributed by atoms with Crippen LogP contribution in [0.15, 0.2) is 48.1 Å². The lowest BCUT2D eigenvalue weighted by Crippen LogP contribution is -2.42. The summed E-state index contributed by atoms with van der Waals surface area (Å²) in [4.78, 5) is 24.5. The number of anilines is 2. The van der Waals surface area contributed by atoms with Crippen LogP contribution >= 0.6 is 22.7 Å². The molecule has 0 amide bonds. The number of ether oxygens (including phenoxy) is 1. The predicted molar refractivity (Wildman–Crippen MR) is 130 cm³/mol. The molecule has 4 aromatic rings. The maximum absolute atomic E-state index is 12.5. The van der Waals surface area contributed by atoms with Gasteiger partial charge in [-0.25, -0.2) is 14.8 Å². The molecule has 0 atom stereocenters. The molecule has 0 aliphatic carbocycles. The van der Waals surface area contributed by atoms with Gasteiger partial charge in [0.05, 0.1) is 10.2 Å². The maximum Gasteiger partial charge on any atom is 0.491 e. The molecule has 1 aliphatic rings. The first-order valence-electron chi connectivity index (χ1n) is 10.8. The van der Waals surface area contributed by atoms with Crippen molar-refractivity contribution in [3.05, 3.63) is 53.7 Å². The minimum absolute atomic E-state index is 0.218. The summed E-state index contributed by atoms with van der Waals surface area (Å²) in [7, 11) is 0. The number of alkyl halides is 3. The first kappa shape index (κ1) is 23.7. The number of fused-ring (bicyclic) bond motifs is 1. The molecule has 1 aliphatic heterocycles. The highest BCUT2D eigenvalue weighted by Gasteiger charge is 2.41. The summed E-state index contributed by atoms with van der Waals surface area (Å²) in [6.45, 7) is 5.01. The number of rotatable bonds is 6. The minimum Gasteiger partial charge on any atom is -0.420 e. The van der Waals surface area contributed by atoms with Gasteiger partial charge >= 0.3 is 12.1 Å². The Morgan fingerprint density at radius 3 is 2.77 bits per heavy atom. The molecule has 5 rings (SSSR count). The topological polar surface area (TPSA) is 79.4 Å². The fourth-order valence-electron chi connectivity index (χ4n) is 3.72. The second-order valence-corrected chi connectivity index (χ2v) is 9.90. The van der Waals surface area contributed by atoms with E-state index in [9.17, 15) is 18.0 Å². The van der Waals surface area contributed by atoms with Crippen LogP contribution in [0, 0.1) is 0 Å². The fraction of sp³-hybridized carbons (Fsp3) is 0.261. The highest BCUT2D eigenvalue weighted by Crippen LogP contribution is 2.39. The molecule has 7 nitrogen and oxygen atoms in total. The summed E-state index contributed by atoms with van der Waals surface area (Å²) in [6.07, 6.45) is -3.64. The van der Waals surface area contributed by atoms with E-state index in [-0.39, 0.29) is 5.75 Å².